The van der Waals surface area contributed by atoms with E-state index in [1.807, 2.05) is 0 Å². The highest BCUT2D eigenvalue weighted by molar-refractivity contribution is 6.31. The number of nitrogens with one attached hydrogen (secondary N) is 1. The fourth-order valence-corrected chi connectivity index (χ4v) is 1.59. The third-order valence-corrected chi connectivity index (χ3v) is 2.61. The number of ether oxygens (including phenoxy) is 2. The molecule has 1 aromatic carbocycles. The number of rotatable bonds is 6. The van der Waals surface area contributed by atoms with Crippen LogP contribution in [0.3, 0.4) is 0 Å². The summed E-state index contributed by atoms with van der Waals surface area (Å²) in [5.41, 5.74) is 6.40. The number of nitrogen functional groups attached to an aromatic ring is 1. The second kappa shape index (κ2) is 8.16. The van der Waals surface area contributed by atoms with Gasteiger partial charge in [-0.3, -0.25) is 0 Å². The first-order chi connectivity index (χ1) is 9.99. The van der Waals surface area contributed by atoms with E-state index in [2.05, 4.69) is 5.32 Å². The number of hydrogen-bond acceptors (Lipinski definition) is 6. The topological polar surface area (TPSA) is 90.6 Å². The van der Waals surface area contributed by atoms with E-state index in [1.165, 1.54) is 6.20 Å². The van der Waals surface area contributed by atoms with Crippen molar-refractivity contribution in [2.75, 3.05) is 24.3 Å². The van der Waals surface area contributed by atoms with Crippen molar-refractivity contribution in [1.29, 1.82) is 0 Å². The van der Waals surface area contributed by atoms with E-state index in [9.17, 15) is 9.59 Å². The summed E-state index contributed by atoms with van der Waals surface area (Å²) in [6.45, 7) is 3.58. The van der Waals surface area contributed by atoms with Crippen LogP contribution in [0, 0.1) is 0 Å². The van der Waals surface area contributed by atoms with Gasteiger partial charge < -0.3 is 20.5 Å². The summed E-state index contributed by atoms with van der Waals surface area (Å²) in [4.78, 5) is 23.5. The number of hydrogen-bond donors (Lipinski definition) is 2. The van der Waals surface area contributed by atoms with Crippen LogP contribution in [-0.4, -0.2) is 25.2 Å². The smallest absolute Gasteiger partial charge is 0.347 e. The predicted molar refractivity (Wildman–Crippen MR) is 80.8 cm³/mol. The van der Waals surface area contributed by atoms with E-state index in [-0.39, 0.29) is 18.8 Å². The Hall–Kier alpha value is -2.21. The molecule has 0 spiro atoms. The van der Waals surface area contributed by atoms with Crippen molar-refractivity contribution in [2.24, 2.45) is 0 Å². The third-order valence-electron chi connectivity index (χ3n) is 2.38. The van der Waals surface area contributed by atoms with Gasteiger partial charge in [0, 0.05) is 11.2 Å². The van der Waals surface area contributed by atoms with Crippen LogP contribution in [0.4, 0.5) is 11.4 Å². The van der Waals surface area contributed by atoms with E-state index in [1.54, 1.807) is 32.0 Å². The SMILES string of the molecule is CCOC(=O)C(=CNc1cc(Cl)ccc1N)C(=O)OCC. The Bertz CT molecular complexity index is 538. The molecule has 6 nitrogen and oxygen atoms in total. The van der Waals surface area contributed by atoms with Crippen LogP contribution in [0.5, 0.6) is 0 Å². The van der Waals surface area contributed by atoms with Gasteiger partial charge in [-0.1, -0.05) is 11.6 Å². The molecule has 0 aliphatic carbocycles. The highest BCUT2D eigenvalue weighted by Gasteiger charge is 2.21. The van der Waals surface area contributed by atoms with Crippen LogP contribution in [0.2, 0.25) is 5.02 Å². The number of nitrogens with two attached hydrogens (primary N) is 1. The zero-order valence-corrected chi connectivity index (χ0v) is 12.6. The Labute approximate surface area is 127 Å². The van der Waals surface area contributed by atoms with Crippen LogP contribution in [0.25, 0.3) is 0 Å². The van der Waals surface area contributed by atoms with Gasteiger partial charge in [0.2, 0.25) is 0 Å². The first kappa shape index (κ1) is 16.8. The van der Waals surface area contributed by atoms with E-state index in [0.29, 0.717) is 16.4 Å². The summed E-state index contributed by atoms with van der Waals surface area (Å²) in [6, 6.07) is 4.80. The summed E-state index contributed by atoms with van der Waals surface area (Å²) in [5, 5.41) is 3.23. The molecule has 0 radical (unpaired) electrons. The third kappa shape index (κ3) is 5.00. The number of esters is 2. The zero-order valence-electron chi connectivity index (χ0n) is 11.8. The number of carbonyl (C=O) groups is 2. The van der Waals surface area contributed by atoms with Crippen LogP contribution < -0.4 is 11.1 Å². The highest BCUT2D eigenvalue weighted by atomic mass is 35.5. The van der Waals surface area contributed by atoms with Crippen LogP contribution >= 0.6 is 11.6 Å². The van der Waals surface area contributed by atoms with Crippen molar-refractivity contribution in [3.8, 4) is 0 Å². The molecular formula is C14H17ClN2O4. The molecule has 0 saturated carbocycles. The molecule has 0 aromatic heterocycles. The molecule has 0 atom stereocenters. The van der Waals surface area contributed by atoms with E-state index in [0.717, 1.165) is 0 Å². The normalized spacial score (nSPS) is 9.67. The number of halogens is 1. The van der Waals surface area contributed by atoms with Gasteiger partial charge in [0.05, 0.1) is 24.6 Å². The summed E-state index contributed by atoms with van der Waals surface area (Å²) >= 11 is 5.86. The van der Waals surface area contributed by atoms with Crippen molar-refractivity contribution in [3.63, 3.8) is 0 Å². The van der Waals surface area contributed by atoms with Crippen molar-refractivity contribution >= 4 is 34.9 Å². The molecule has 0 aliphatic rings. The number of carbonyl (C=O) groups excluding carboxylic acids is 2. The lowest BCUT2D eigenvalue weighted by Crippen LogP contribution is -2.19. The van der Waals surface area contributed by atoms with Gasteiger partial charge in [0.15, 0.2) is 5.57 Å². The molecule has 0 unspecified atom stereocenters. The second-order valence-corrected chi connectivity index (χ2v) is 4.31. The fraction of sp³-hybridized carbons (Fsp3) is 0.286. The molecule has 7 heteroatoms. The molecule has 21 heavy (non-hydrogen) atoms. The second-order valence-electron chi connectivity index (χ2n) is 3.87. The molecule has 0 heterocycles. The zero-order chi connectivity index (χ0) is 15.8. The maximum atomic E-state index is 11.7. The fourth-order valence-electron chi connectivity index (χ4n) is 1.42. The largest absolute Gasteiger partial charge is 0.462 e. The Kier molecular flexibility index (Phi) is 6.55. The summed E-state index contributed by atoms with van der Waals surface area (Å²) in [6.07, 6.45) is 1.19. The monoisotopic (exact) mass is 312 g/mol. The maximum Gasteiger partial charge on any atom is 0.347 e. The minimum Gasteiger partial charge on any atom is -0.462 e. The summed E-state index contributed by atoms with van der Waals surface area (Å²) < 4.78 is 9.62. The Morgan fingerprint density at radius 3 is 2.33 bits per heavy atom. The molecule has 0 amide bonds. The molecule has 0 aliphatic heterocycles. The predicted octanol–water partition coefficient (Wildman–Crippen LogP) is 2.34. The van der Waals surface area contributed by atoms with Gasteiger partial charge >= 0.3 is 11.9 Å². The Morgan fingerprint density at radius 2 is 1.81 bits per heavy atom. The van der Waals surface area contributed by atoms with E-state index >= 15 is 0 Å². The summed E-state index contributed by atoms with van der Waals surface area (Å²) in [7, 11) is 0. The lowest BCUT2D eigenvalue weighted by molar-refractivity contribution is -0.146. The average Bonchev–Trinajstić information content (AvgIpc) is 2.43. The van der Waals surface area contributed by atoms with Crippen LogP contribution in [0.1, 0.15) is 13.8 Å². The maximum absolute atomic E-state index is 11.7. The minimum atomic E-state index is -0.774. The molecule has 0 fully saturated rings. The van der Waals surface area contributed by atoms with Crippen LogP contribution in [0.15, 0.2) is 30.0 Å². The van der Waals surface area contributed by atoms with Gasteiger partial charge in [-0.2, -0.15) is 0 Å². The number of anilines is 2. The van der Waals surface area contributed by atoms with Crippen molar-refractivity contribution in [3.05, 3.63) is 35.0 Å². The lowest BCUT2D eigenvalue weighted by atomic mass is 10.2. The molecule has 0 bridgehead atoms. The van der Waals surface area contributed by atoms with Crippen molar-refractivity contribution in [1.82, 2.24) is 0 Å². The Balaban J connectivity index is 2.99. The lowest BCUT2D eigenvalue weighted by Gasteiger charge is -2.09. The van der Waals surface area contributed by atoms with Gasteiger partial charge in [0.25, 0.3) is 0 Å². The standard InChI is InChI=1S/C14H17ClN2O4/c1-3-20-13(18)10(14(19)21-4-2)8-17-12-7-9(15)5-6-11(12)16/h5-8,17H,3-4,16H2,1-2H3. The first-order valence-electron chi connectivity index (χ1n) is 6.35. The molecule has 1 aromatic rings. The summed E-state index contributed by atoms with van der Waals surface area (Å²) in [5.74, 6) is -1.55. The molecule has 3 N–H and O–H groups in total. The molecule has 1 rings (SSSR count). The van der Waals surface area contributed by atoms with Crippen molar-refractivity contribution in [2.45, 2.75) is 13.8 Å². The van der Waals surface area contributed by atoms with Gasteiger partial charge in [-0.05, 0) is 32.0 Å². The van der Waals surface area contributed by atoms with E-state index < -0.39 is 11.9 Å². The van der Waals surface area contributed by atoms with E-state index in [4.69, 9.17) is 26.8 Å². The van der Waals surface area contributed by atoms with Gasteiger partial charge in [0.1, 0.15) is 0 Å². The van der Waals surface area contributed by atoms with Crippen LogP contribution in [-0.2, 0) is 19.1 Å². The molecule has 0 saturated heterocycles. The molecular weight excluding hydrogens is 296 g/mol. The minimum absolute atomic E-state index is 0.148. The van der Waals surface area contributed by atoms with Gasteiger partial charge in [-0.15, -0.1) is 0 Å². The van der Waals surface area contributed by atoms with Crippen molar-refractivity contribution < 1.29 is 19.1 Å². The number of benzene rings is 1. The average molecular weight is 313 g/mol. The van der Waals surface area contributed by atoms with Gasteiger partial charge in [-0.25, -0.2) is 9.59 Å². The Morgan fingerprint density at radius 1 is 1.24 bits per heavy atom. The molecule has 114 valence electrons. The first-order valence-corrected chi connectivity index (χ1v) is 6.73. The quantitative estimate of drug-likeness (QED) is 0.275. The highest BCUT2D eigenvalue weighted by Crippen LogP contribution is 2.23.